The van der Waals surface area contributed by atoms with E-state index in [1.807, 2.05) is 25.1 Å². The number of nitrogens with one attached hydrogen (secondary N) is 1. The maximum Gasteiger partial charge on any atom is 0.321 e. The van der Waals surface area contributed by atoms with Gasteiger partial charge in [-0.3, -0.25) is 0 Å². The van der Waals surface area contributed by atoms with E-state index in [0.29, 0.717) is 26.3 Å². The summed E-state index contributed by atoms with van der Waals surface area (Å²) in [6, 6.07) is 5.71. The first-order valence-corrected chi connectivity index (χ1v) is 7.07. The van der Waals surface area contributed by atoms with Gasteiger partial charge in [0.05, 0.1) is 19.3 Å². The molecule has 5 heteroatoms. The Balaban J connectivity index is 1.64. The molecular weight excluding hydrogens is 256 g/mol. The van der Waals surface area contributed by atoms with Crippen LogP contribution in [-0.2, 0) is 18.0 Å². The van der Waals surface area contributed by atoms with E-state index >= 15 is 0 Å². The minimum absolute atomic E-state index is 0.144. The van der Waals surface area contributed by atoms with E-state index < -0.39 is 6.10 Å². The Morgan fingerprint density at radius 1 is 1.40 bits per heavy atom. The topological polar surface area (TPSA) is 61.8 Å². The van der Waals surface area contributed by atoms with Gasteiger partial charge >= 0.3 is 6.03 Å². The van der Waals surface area contributed by atoms with Gasteiger partial charge in [-0.25, -0.2) is 4.79 Å². The molecule has 0 radical (unpaired) electrons. The third-order valence-electron chi connectivity index (χ3n) is 4.18. The zero-order valence-electron chi connectivity index (χ0n) is 11.6. The maximum absolute atomic E-state index is 12.2. The predicted octanol–water partition coefficient (Wildman–Crippen LogP) is 1.95. The van der Waals surface area contributed by atoms with E-state index in [1.54, 1.807) is 4.90 Å². The van der Waals surface area contributed by atoms with Crippen molar-refractivity contribution in [1.82, 2.24) is 4.90 Å². The van der Waals surface area contributed by atoms with E-state index in [1.165, 1.54) is 5.56 Å². The highest BCUT2D eigenvalue weighted by atomic mass is 16.5. The molecule has 2 heterocycles. The summed E-state index contributed by atoms with van der Waals surface area (Å²) in [5.41, 5.74) is 3.10. The highest BCUT2D eigenvalue weighted by Crippen LogP contribution is 2.24. The second kappa shape index (κ2) is 5.42. The van der Waals surface area contributed by atoms with Crippen LogP contribution in [0.25, 0.3) is 0 Å². The molecule has 2 amide bonds. The average molecular weight is 276 g/mol. The van der Waals surface area contributed by atoms with Gasteiger partial charge in [0.2, 0.25) is 0 Å². The van der Waals surface area contributed by atoms with Crippen molar-refractivity contribution in [2.24, 2.45) is 5.92 Å². The molecule has 2 N–H and O–H groups in total. The quantitative estimate of drug-likeness (QED) is 0.824. The van der Waals surface area contributed by atoms with Crippen molar-refractivity contribution < 1.29 is 14.6 Å². The number of carbonyl (C=O) groups is 1. The molecule has 0 aliphatic carbocycles. The number of urea groups is 1. The zero-order chi connectivity index (χ0) is 14.1. The fourth-order valence-electron chi connectivity index (χ4n) is 2.69. The van der Waals surface area contributed by atoms with Crippen LogP contribution in [0.15, 0.2) is 18.2 Å². The first-order valence-electron chi connectivity index (χ1n) is 7.07. The normalized spacial score (nSPS) is 25.4. The van der Waals surface area contributed by atoms with Gasteiger partial charge in [0.1, 0.15) is 0 Å². The molecule has 0 bridgehead atoms. The van der Waals surface area contributed by atoms with Crippen molar-refractivity contribution in [1.29, 1.82) is 0 Å². The summed E-state index contributed by atoms with van der Waals surface area (Å²) in [7, 11) is 0. The number of likely N-dealkylation sites (tertiary alicyclic amines) is 1. The monoisotopic (exact) mass is 276 g/mol. The van der Waals surface area contributed by atoms with Crippen molar-refractivity contribution in [2.45, 2.75) is 32.7 Å². The molecule has 1 saturated heterocycles. The van der Waals surface area contributed by atoms with Crippen molar-refractivity contribution >= 4 is 11.7 Å². The van der Waals surface area contributed by atoms with Crippen molar-refractivity contribution in [3.05, 3.63) is 29.3 Å². The number of ether oxygens (including phenoxy) is 1. The van der Waals surface area contributed by atoms with Gasteiger partial charge in [0.15, 0.2) is 0 Å². The van der Waals surface area contributed by atoms with Gasteiger partial charge < -0.3 is 20.1 Å². The number of carbonyl (C=O) groups excluding carboxylic acids is 1. The summed E-state index contributed by atoms with van der Waals surface area (Å²) in [5, 5.41) is 12.7. The zero-order valence-corrected chi connectivity index (χ0v) is 11.6. The first kappa shape index (κ1) is 13.4. The van der Waals surface area contributed by atoms with E-state index in [2.05, 4.69) is 5.32 Å². The number of hydrogen-bond donors (Lipinski definition) is 2. The second-order valence-corrected chi connectivity index (χ2v) is 5.69. The van der Waals surface area contributed by atoms with Gasteiger partial charge in [-0.05, 0) is 35.6 Å². The lowest BCUT2D eigenvalue weighted by Gasteiger charge is -2.34. The highest BCUT2D eigenvalue weighted by molar-refractivity contribution is 5.89. The van der Waals surface area contributed by atoms with Crippen LogP contribution in [0.4, 0.5) is 10.5 Å². The molecule has 0 spiro atoms. The highest BCUT2D eigenvalue weighted by Gasteiger charge is 2.27. The van der Waals surface area contributed by atoms with Crippen LogP contribution in [0.2, 0.25) is 0 Å². The Hall–Kier alpha value is -1.59. The third kappa shape index (κ3) is 2.64. The number of fused-ring (bicyclic) bond motifs is 1. The van der Waals surface area contributed by atoms with Crippen molar-refractivity contribution in [2.75, 3.05) is 18.4 Å². The molecule has 1 fully saturated rings. The van der Waals surface area contributed by atoms with Gasteiger partial charge in [0.25, 0.3) is 0 Å². The number of hydrogen-bond acceptors (Lipinski definition) is 3. The Morgan fingerprint density at radius 2 is 2.20 bits per heavy atom. The molecule has 1 aromatic rings. The largest absolute Gasteiger partial charge is 0.391 e. The summed E-state index contributed by atoms with van der Waals surface area (Å²) in [4.78, 5) is 13.9. The van der Waals surface area contributed by atoms with Gasteiger partial charge in [0, 0.05) is 18.8 Å². The van der Waals surface area contributed by atoms with Crippen LogP contribution in [0.5, 0.6) is 0 Å². The lowest BCUT2D eigenvalue weighted by atomic mass is 9.96. The molecule has 1 aromatic carbocycles. The average Bonchev–Trinajstić information content (AvgIpc) is 2.89. The van der Waals surface area contributed by atoms with Crippen LogP contribution < -0.4 is 5.32 Å². The smallest absolute Gasteiger partial charge is 0.321 e. The minimum Gasteiger partial charge on any atom is -0.391 e. The molecule has 20 heavy (non-hydrogen) atoms. The van der Waals surface area contributed by atoms with Gasteiger partial charge in [-0.1, -0.05) is 13.0 Å². The number of rotatable bonds is 1. The third-order valence-corrected chi connectivity index (χ3v) is 4.18. The molecule has 108 valence electrons. The summed E-state index contributed by atoms with van der Waals surface area (Å²) in [6.07, 6.45) is 0.412. The number of aliphatic hydroxyl groups excluding tert-OH is 1. The lowest BCUT2D eigenvalue weighted by Crippen LogP contribution is -2.47. The fourth-order valence-corrected chi connectivity index (χ4v) is 2.69. The Labute approximate surface area is 118 Å². The maximum atomic E-state index is 12.2. The molecule has 2 unspecified atom stereocenters. The summed E-state index contributed by atoms with van der Waals surface area (Å²) in [5.74, 6) is 0.260. The summed E-state index contributed by atoms with van der Waals surface area (Å²) >= 11 is 0. The molecule has 0 aromatic heterocycles. The number of amides is 2. The molecule has 2 atom stereocenters. The molecular formula is C15H20N2O3. The fraction of sp³-hybridized carbons (Fsp3) is 0.533. The van der Waals surface area contributed by atoms with E-state index in [0.717, 1.165) is 17.7 Å². The SMILES string of the molecule is CC1CCN(C(=O)Nc2ccc3c(c2)COC3)CC1O. The number of anilines is 1. The van der Waals surface area contributed by atoms with Crippen LogP contribution >= 0.6 is 0 Å². The molecule has 2 aliphatic heterocycles. The number of nitrogens with zero attached hydrogens (tertiary/aromatic N) is 1. The minimum atomic E-state index is -0.428. The predicted molar refractivity (Wildman–Crippen MR) is 75.3 cm³/mol. The molecule has 3 rings (SSSR count). The lowest BCUT2D eigenvalue weighted by molar-refractivity contribution is 0.0464. The van der Waals surface area contributed by atoms with Gasteiger partial charge in [-0.2, -0.15) is 0 Å². The number of aliphatic hydroxyl groups is 1. The molecule has 2 aliphatic rings. The first-order chi connectivity index (χ1) is 9.63. The van der Waals surface area contributed by atoms with Gasteiger partial charge in [-0.15, -0.1) is 0 Å². The van der Waals surface area contributed by atoms with Crippen LogP contribution in [0.3, 0.4) is 0 Å². The van der Waals surface area contributed by atoms with Crippen LogP contribution in [0, 0.1) is 5.92 Å². The summed E-state index contributed by atoms with van der Waals surface area (Å²) < 4.78 is 5.36. The number of β-amino-alcohol motifs (C(OH)–C–C–N with tert-alkyl or cyclic N) is 1. The van der Waals surface area contributed by atoms with Crippen LogP contribution in [0.1, 0.15) is 24.5 Å². The summed E-state index contributed by atoms with van der Waals surface area (Å²) in [6.45, 7) is 4.37. The van der Waals surface area contributed by atoms with E-state index in [9.17, 15) is 9.90 Å². The van der Waals surface area contributed by atoms with E-state index in [4.69, 9.17) is 4.74 Å². The number of benzene rings is 1. The Bertz CT molecular complexity index is 518. The van der Waals surface area contributed by atoms with Crippen molar-refractivity contribution in [3.63, 3.8) is 0 Å². The van der Waals surface area contributed by atoms with Crippen LogP contribution in [-0.4, -0.2) is 35.2 Å². The van der Waals surface area contributed by atoms with E-state index in [-0.39, 0.29) is 11.9 Å². The second-order valence-electron chi connectivity index (χ2n) is 5.69. The Morgan fingerprint density at radius 3 is 3.00 bits per heavy atom. The molecule has 5 nitrogen and oxygen atoms in total. The number of piperidine rings is 1. The Kier molecular flexibility index (Phi) is 3.63. The standard InChI is InChI=1S/C15H20N2O3/c1-10-4-5-17(7-14(10)18)15(19)16-13-3-2-11-8-20-9-12(11)6-13/h2-3,6,10,14,18H,4-5,7-9H2,1H3,(H,16,19). The van der Waals surface area contributed by atoms with Crippen molar-refractivity contribution in [3.8, 4) is 0 Å². The molecule has 0 saturated carbocycles.